The van der Waals surface area contributed by atoms with Gasteiger partial charge < -0.3 is 9.30 Å². The van der Waals surface area contributed by atoms with Crippen LogP contribution in [0.1, 0.15) is 17.3 Å². The second-order valence-corrected chi connectivity index (χ2v) is 9.43. The third kappa shape index (κ3) is 5.03. The van der Waals surface area contributed by atoms with E-state index in [1.165, 1.54) is 47.0 Å². The molecule has 162 valence electrons. The van der Waals surface area contributed by atoms with Crippen molar-refractivity contribution in [3.8, 4) is 0 Å². The van der Waals surface area contributed by atoms with E-state index in [1.807, 2.05) is 0 Å². The predicted octanol–water partition coefficient (Wildman–Crippen LogP) is 2.32. The zero-order valence-electron chi connectivity index (χ0n) is 16.5. The van der Waals surface area contributed by atoms with Crippen molar-refractivity contribution >= 4 is 49.0 Å². The maximum atomic E-state index is 12.7. The highest BCUT2D eigenvalue weighted by Gasteiger charge is 2.17. The number of fused-ring (bicyclic) bond motifs is 1. The van der Waals surface area contributed by atoms with Crippen molar-refractivity contribution in [2.75, 3.05) is 12.9 Å². The summed E-state index contributed by atoms with van der Waals surface area (Å²) >= 11 is 1.06. The Labute approximate surface area is 180 Å². The van der Waals surface area contributed by atoms with Gasteiger partial charge in [0.25, 0.3) is 11.6 Å². The minimum absolute atomic E-state index is 0.0279. The van der Waals surface area contributed by atoms with Gasteiger partial charge in [0, 0.05) is 24.0 Å². The number of aromatic nitrogens is 1. The Morgan fingerprint density at radius 2 is 1.97 bits per heavy atom. The monoisotopic (exact) mass is 463 g/mol. The molecular weight excluding hydrogens is 446 g/mol. The van der Waals surface area contributed by atoms with Crippen molar-refractivity contribution in [1.82, 2.24) is 4.57 Å². The zero-order chi connectivity index (χ0) is 22.8. The summed E-state index contributed by atoms with van der Waals surface area (Å²) in [5.41, 5.74) is 0.222. The highest BCUT2D eigenvalue weighted by molar-refractivity contribution is 7.90. The molecule has 0 aliphatic carbocycles. The number of rotatable bonds is 6. The van der Waals surface area contributed by atoms with Crippen LogP contribution >= 0.6 is 11.3 Å². The lowest BCUT2D eigenvalue weighted by Crippen LogP contribution is -2.23. The van der Waals surface area contributed by atoms with Crippen LogP contribution in [0.25, 0.3) is 10.2 Å². The van der Waals surface area contributed by atoms with Gasteiger partial charge in [0.15, 0.2) is 14.6 Å². The molecule has 0 aliphatic heterocycles. The molecule has 0 bridgehead atoms. The van der Waals surface area contributed by atoms with Crippen LogP contribution in [0, 0.1) is 10.1 Å². The van der Waals surface area contributed by atoms with E-state index in [4.69, 9.17) is 4.74 Å². The molecule has 3 aromatic rings. The van der Waals surface area contributed by atoms with Gasteiger partial charge in [-0.1, -0.05) is 17.4 Å². The summed E-state index contributed by atoms with van der Waals surface area (Å²) in [6.45, 7) is 1.48. The lowest BCUT2D eigenvalue weighted by molar-refractivity contribution is -0.384. The first-order valence-electron chi connectivity index (χ1n) is 8.92. The van der Waals surface area contributed by atoms with Crippen LogP contribution in [-0.4, -0.2) is 42.6 Å². The van der Waals surface area contributed by atoms with Gasteiger partial charge in [-0.2, -0.15) is 4.99 Å². The van der Waals surface area contributed by atoms with Crippen LogP contribution < -0.4 is 4.80 Å². The van der Waals surface area contributed by atoms with E-state index in [-0.39, 0.29) is 34.1 Å². The summed E-state index contributed by atoms with van der Waals surface area (Å²) in [6, 6.07) is 9.55. The number of carbonyl (C=O) groups excluding carboxylic acids is 2. The van der Waals surface area contributed by atoms with E-state index in [0.717, 1.165) is 17.6 Å². The van der Waals surface area contributed by atoms with Gasteiger partial charge in [0.05, 0.1) is 26.6 Å². The minimum atomic E-state index is -3.52. The molecule has 0 fully saturated rings. The molecule has 0 spiro atoms. The second kappa shape index (κ2) is 8.78. The molecule has 0 N–H and O–H groups in total. The SMILES string of the molecule is CCOC(=O)Cn1c(=NC(=O)c2cccc(S(C)(=O)=O)c2)sc2ccc([N+](=O)[O-])cc21. The number of benzene rings is 2. The fraction of sp³-hybridized carbons (Fsp3) is 0.211. The standard InChI is InChI=1S/C19H17N3O7S2/c1-3-29-17(23)11-21-15-10-13(22(25)26)7-8-16(15)30-19(21)20-18(24)12-5-4-6-14(9-12)31(2,27)28/h4-10H,3,11H2,1-2H3. The van der Waals surface area contributed by atoms with E-state index in [9.17, 15) is 28.1 Å². The number of hydrogen-bond acceptors (Lipinski definition) is 8. The van der Waals surface area contributed by atoms with Gasteiger partial charge in [0.2, 0.25) is 0 Å². The summed E-state index contributed by atoms with van der Waals surface area (Å²) < 4.78 is 30.4. The average molecular weight is 463 g/mol. The highest BCUT2D eigenvalue weighted by Crippen LogP contribution is 2.23. The highest BCUT2D eigenvalue weighted by atomic mass is 32.2. The first-order valence-corrected chi connectivity index (χ1v) is 11.6. The van der Waals surface area contributed by atoms with Crippen molar-refractivity contribution in [1.29, 1.82) is 0 Å². The quantitative estimate of drug-likeness (QED) is 0.311. The molecule has 2 aromatic carbocycles. The Hall–Kier alpha value is -3.38. The van der Waals surface area contributed by atoms with Crippen molar-refractivity contribution < 1.29 is 27.7 Å². The number of amides is 1. The summed E-state index contributed by atoms with van der Waals surface area (Å²) in [7, 11) is -3.52. The fourth-order valence-corrected chi connectivity index (χ4v) is 4.43. The maximum Gasteiger partial charge on any atom is 0.326 e. The number of thiazole rings is 1. The lowest BCUT2D eigenvalue weighted by Gasteiger charge is -2.05. The van der Waals surface area contributed by atoms with E-state index < -0.39 is 26.6 Å². The molecule has 1 amide bonds. The fourth-order valence-electron chi connectivity index (χ4n) is 2.76. The van der Waals surface area contributed by atoms with Crippen LogP contribution in [0.2, 0.25) is 0 Å². The lowest BCUT2D eigenvalue weighted by atomic mass is 10.2. The molecule has 0 saturated carbocycles. The first-order chi connectivity index (χ1) is 14.6. The molecule has 0 unspecified atom stereocenters. The molecular formula is C19H17N3O7S2. The molecule has 31 heavy (non-hydrogen) atoms. The molecule has 1 heterocycles. The number of esters is 1. The number of nitrogens with zero attached hydrogens (tertiary/aromatic N) is 3. The normalized spacial score (nSPS) is 12.1. The van der Waals surface area contributed by atoms with Gasteiger partial charge in [0.1, 0.15) is 6.54 Å². The van der Waals surface area contributed by atoms with Crippen LogP contribution in [0.3, 0.4) is 0 Å². The summed E-state index contributed by atoms with van der Waals surface area (Å²) in [5, 5.41) is 11.1. The van der Waals surface area contributed by atoms with Gasteiger partial charge in [-0.3, -0.25) is 19.7 Å². The number of carbonyl (C=O) groups is 2. The van der Waals surface area contributed by atoms with Gasteiger partial charge in [-0.05, 0) is 31.2 Å². The van der Waals surface area contributed by atoms with E-state index in [0.29, 0.717) is 10.2 Å². The molecule has 10 nitrogen and oxygen atoms in total. The number of nitro groups is 1. The van der Waals surface area contributed by atoms with Crippen molar-refractivity contribution in [2.24, 2.45) is 4.99 Å². The molecule has 0 atom stereocenters. The number of hydrogen-bond donors (Lipinski definition) is 0. The van der Waals surface area contributed by atoms with Gasteiger partial charge in [-0.25, -0.2) is 8.42 Å². The predicted molar refractivity (Wildman–Crippen MR) is 113 cm³/mol. The van der Waals surface area contributed by atoms with Crippen molar-refractivity contribution in [3.63, 3.8) is 0 Å². The zero-order valence-corrected chi connectivity index (χ0v) is 18.1. The Bertz CT molecular complexity index is 1370. The molecule has 12 heteroatoms. The van der Waals surface area contributed by atoms with Crippen LogP contribution in [0.15, 0.2) is 52.4 Å². The Balaban J connectivity index is 2.16. The molecule has 0 radical (unpaired) electrons. The molecule has 0 aliphatic rings. The van der Waals surface area contributed by atoms with Gasteiger partial charge in [-0.15, -0.1) is 0 Å². The Morgan fingerprint density at radius 1 is 1.23 bits per heavy atom. The minimum Gasteiger partial charge on any atom is -0.465 e. The molecule has 0 saturated heterocycles. The largest absolute Gasteiger partial charge is 0.465 e. The van der Waals surface area contributed by atoms with E-state index in [1.54, 1.807) is 6.92 Å². The third-order valence-electron chi connectivity index (χ3n) is 4.18. The van der Waals surface area contributed by atoms with E-state index >= 15 is 0 Å². The van der Waals surface area contributed by atoms with E-state index in [2.05, 4.69) is 4.99 Å². The van der Waals surface area contributed by atoms with Crippen molar-refractivity contribution in [3.05, 3.63) is 62.9 Å². The number of nitro benzene ring substituents is 1. The summed E-state index contributed by atoms with van der Waals surface area (Å²) in [5.74, 6) is -1.31. The Kier molecular flexibility index (Phi) is 6.32. The number of non-ortho nitro benzene ring substituents is 1. The maximum absolute atomic E-state index is 12.7. The molecule has 1 aromatic heterocycles. The Morgan fingerprint density at radius 3 is 2.61 bits per heavy atom. The van der Waals surface area contributed by atoms with Gasteiger partial charge >= 0.3 is 5.97 Å². The van der Waals surface area contributed by atoms with Crippen LogP contribution in [0.5, 0.6) is 0 Å². The number of ether oxygens (including phenoxy) is 1. The van der Waals surface area contributed by atoms with Crippen LogP contribution in [-0.2, 0) is 25.9 Å². The second-order valence-electron chi connectivity index (χ2n) is 6.40. The molecule has 3 rings (SSSR count). The number of sulfone groups is 1. The average Bonchev–Trinajstić information content (AvgIpc) is 3.03. The summed E-state index contributed by atoms with van der Waals surface area (Å²) in [4.78, 5) is 39.5. The summed E-state index contributed by atoms with van der Waals surface area (Å²) in [6.07, 6.45) is 1.03. The smallest absolute Gasteiger partial charge is 0.326 e. The van der Waals surface area contributed by atoms with Crippen molar-refractivity contribution in [2.45, 2.75) is 18.4 Å². The third-order valence-corrected chi connectivity index (χ3v) is 6.34. The topological polar surface area (TPSA) is 138 Å². The first kappa shape index (κ1) is 22.3. The van der Waals surface area contributed by atoms with Crippen LogP contribution in [0.4, 0.5) is 5.69 Å².